The molecule has 2 heteroatoms. The Kier molecular flexibility index (Phi) is 2.83. The highest BCUT2D eigenvalue weighted by atomic mass is 32.1. The zero-order valence-corrected chi connectivity index (χ0v) is 11.8. The normalized spacial score (nSPS) is 23.9. The first-order valence-electron chi connectivity index (χ1n) is 6.89. The van der Waals surface area contributed by atoms with Crippen LogP contribution in [-0.2, 0) is 5.41 Å². The van der Waals surface area contributed by atoms with Crippen LogP contribution in [0.15, 0.2) is 17.5 Å². The van der Waals surface area contributed by atoms with E-state index in [0.717, 1.165) is 17.9 Å². The van der Waals surface area contributed by atoms with Gasteiger partial charge in [-0.05, 0) is 55.0 Å². The van der Waals surface area contributed by atoms with Gasteiger partial charge in [-0.3, -0.25) is 0 Å². The molecule has 17 heavy (non-hydrogen) atoms. The summed E-state index contributed by atoms with van der Waals surface area (Å²) in [5, 5.41) is 5.92. The number of hydrogen-bond acceptors (Lipinski definition) is 2. The third kappa shape index (κ3) is 2.17. The van der Waals surface area contributed by atoms with Crippen molar-refractivity contribution >= 4 is 11.3 Å². The Labute approximate surface area is 109 Å². The average Bonchev–Trinajstić information content (AvgIpc) is 2.82. The van der Waals surface area contributed by atoms with Gasteiger partial charge in [0.2, 0.25) is 0 Å². The van der Waals surface area contributed by atoms with Gasteiger partial charge in [0.25, 0.3) is 0 Å². The first kappa shape index (κ1) is 11.7. The van der Waals surface area contributed by atoms with Crippen LogP contribution < -0.4 is 5.32 Å². The molecule has 0 unspecified atom stereocenters. The van der Waals surface area contributed by atoms with E-state index in [1.54, 1.807) is 4.88 Å². The summed E-state index contributed by atoms with van der Waals surface area (Å²) in [7, 11) is 0. The Bertz CT molecular complexity index is 368. The third-order valence-corrected chi connectivity index (χ3v) is 5.56. The van der Waals surface area contributed by atoms with Gasteiger partial charge in [-0.2, -0.15) is 0 Å². The topological polar surface area (TPSA) is 12.0 Å². The van der Waals surface area contributed by atoms with Gasteiger partial charge in [-0.15, -0.1) is 11.3 Å². The molecule has 2 aliphatic rings. The van der Waals surface area contributed by atoms with E-state index in [2.05, 4.69) is 36.7 Å². The third-order valence-electron chi connectivity index (χ3n) is 4.44. The fourth-order valence-corrected chi connectivity index (χ4v) is 4.41. The minimum Gasteiger partial charge on any atom is -0.316 e. The molecule has 94 valence electrons. The largest absolute Gasteiger partial charge is 0.316 e. The Morgan fingerprint density at radius 3 is 2.65 bits per heavy atom. The van der Waals surface area contributed by atoms with E-state index < -0.39 is 0 Å². The predicted octanol–water partition coefficient (Wildman–Crippen LogP) is 3.81. The molecular weight excluding hydrogens is 226 g/mol. The fourth-order valence-electron chi connectivity index (χ4n) is 3.48. The van der Waals surface area contributed by atoms with Crippen LogP contribution >= 0.6 is 11.3 Å². The number of nitrogens with one attached hydrogen (secondary N) is 1. The lowest BCUT2D eigenvalue weighted by Gasteiger charge is -2.48. The molecule has 2 aliphatic carbocycles. The minimum atomic E-state index is 0.486. The van der Waals surface area contributed by atoms with Crippen molar-refractivity contribution in [3.05, 3.63) is 22.4 Å². The van der Waals surface area contributed by atoms with Crippen molar-refractivity contribution in [3.8, 4) is 0 Å². The summed E-state index contributed by atoms with van der Waals surface area (Å²) >= 11 is 1.95. The SMILES string of the molecule is CC(C)CNCC1(c2cccs2)CC2(CC2)C1. The molecule has 0 saturated heterocycles. The number of rotatable bonds is 5. The molecule has 1 nitrogen and oxygen atoms in total. The molecule has 1 heterocycles. The second-order valence-corrected chi connectivity index (χ2v) is 7.58. The van der Waals surface area contributed by atoms with Gasteiger partial charge in [0.1, 0.15) is 0 Å². The first-order chi connectivity index (χ1) is 8.14. The minimum absolute atomic E-state index is 0.486. The Hall–Kier alpha value is -0.340. The van der Waals surface area contributed by atoms with E-state index in [1.165, 1.54) is 32.2 Å². The molecule has 1 N–H and O–H groups in total. The highest BCUT2D eigenvalue weighted by Gasteiger charge is 2.61. The van der Waals surface area contributed by atoms with E-state index >= 15 is 0 Å². The summed E-state index contributed by atoms with van der Waals surface area (Å²) in [5.41, 5.74) is 1.27. The Morgan fingerprint density at radius 1 is 1.35 bits per heavy atom. The molecule has 0 aromatic carbocycles. The van der Waals surface area contributed by atoms with Crippen LogP contribution in [0.3, 0.4) is 0 Å². The van der Waals surface area contributed by atoms with Crippen molar-refractivity contribution in [3.63, 3.8) is 0 Å². The molecule has 2 fully saturated rings. The molecule has 0 radical (unpaired) electrons. The van der Waals surface area contributed by atoms with Gasteiger partial charge < -0.3 is 5.32 Å². The maximum absolute atomic E-state index is 3.69. The van der Waals surface area contributed by atoms with Crippen molar-refractivity contribution in [2.45, 2.75) is 44.9 Å². The van der Waals surface area contributed by atoms with Crippen molar-refractivity contribution < 1.29 is 0 Å². The number of hydrogen-bond donors (Lipinski definition) is 1. The van der Waals surface area contributed by atoms with E-state index in [0.29, 0.717) is 5.41 Å². The van der Waals surface area contributed by atoms with Crippen molar-refractivity contribution in [2.75, 3.05) is 13.1 Å². The quantitative estimate of drug-likeness (QED) is 0.837. The maximum Gasteiger partial charge on any atom is 0.0182 e. The molecule has 3 rings (SSSR count). The zero-order valence-electron chi connectivity index (χ0n) is 11.0. The Balaban J connectivity index is 1.66. The standard InChI is InChI=1S/C15H23NS/c1-12(2)8-16-11-15(13-4-3-7-17-13)9-14(10-15)5-6-14/h3-4,7,12,16H,5-6,8-11H2,1-2H3. The fraction of sp³-hybridized carbons (Fsp3) is 0.733. The van der Waals surface area contributed by atoms with Gasteiger partial charge in [-0.1, -0.05) is 19.9 Å². The van der Waals surface area contributed by atoms with Crippen molar-refractivity contribution in [1.82, 2.24) is 5.32 Å². The van der Waals surface area contributed by atoms with Gasteiger partial charge in [0, 0.05) is 16.8 Å². The molecule has 0 amide bonds. The monoisotopic (exact) mass is 249 g/mol. The molecule has 1 spiro atoms. The summed E-state index contributed by atoms with van der Waals surface area (Å²) in [4.78, 5) is 1.62. The lowest BCUT2D eigenvalue weighted by atomic mass is 9.58. The summed E-state index contributed by atoms with van der Waals surface area (Å²) < 4.78 is 0. The molecule has 0 atom stereocenters. The van der Waals surface area contributed by atoms with E-state index in [1.807, 2.05) is 11.3 Å². The van der Waals surface area contributed by atoms with E-state index in [-0.39, 0.29) is 0 Å². The van der Waals surface area contributed by atoms with Crippen LogP contribution in [0.2, 0.25) is 0 Å². The lowest BCUT2D eigenvalue weighted by Crippen LogP contribution is -2.49. The van der Waals surface area contributed by atoms with Gasteiger partial charge in [0.15, 0.2) is 0 Å². The second-order valence-electron chi connectivity index (χ2n) is 6.64. The molecule has 1 aromatic heterocycles. The number of thiophene rings is 1. The van der Waals surface area contributed by atoms with Gasteiger partial charge >= 0.3 is 0 Å². The zero-order chi connectivity index (χ0) is 11.9. The summed E-state index contributed by atoms with van der Waals surface area (Å²) in [6.45, 7) is 6.91. The van der Waals surface area contributed by atoms with Crippen LogP contribution in [-0.4, -0.2) is 13.1 Å². The highest BCUT2D eigenvalue weighted by Crippen LogP contribution is 2.69. The van der Waals surface area contributed by atoms with Crippen LogP contribution in [0.25, 0.3) is 0 Å². The van der Waals surface area contributed by atoms with Gasteiger partial charge in [-0.25, -0.2) is 0 Å². The molecule has 2 saturated carbocycles. The van der Waals surface area contributed by atoms with Crippen LogP contribution in [0.5, 0.6) is 0 Å². The smallest absolute Gasteiger partial charge is 0.0182 e. The first-order valence-corrected chi connectivity index (χ1v) is 7.77. The van der Waals surface area contributed by atoms with Gasteiger partial charge in [0.05, 0.1) is 0 Å². The lowest BCUT2D eigenvalue weighted by molar-refractivity contribution is 0.119. The Morgan fingerprint density at radius 2 is 2.12 bits per heavy atom. The summed E-state index contributed by atoms with van der Waals surface area (Å²) in [6, 6.07) is 4.55. The average molecular weight is 249 g/mol. The molecule has 1 aromatic rings. The summed E-state index contributed by atoms with van der Waals surface area (Å²) in [5.74, 6) is 0.755. The maximum atomic E-state index is 3.69. The molecular formula is C15H23NS. The van der Waals surface area contributed by atoms with Crippen LogP contribution in [0, 0.1) is 11.3 Å². The molecule has 0 aliphatic heterocycles. The summed E-state index contributed by atoms with van der Waals surface area (Å²) in [6.07, 6.45) is 5.85. The van der Waals surface area contributed by atoms with Crippen molar-refractivity contribution in [2.24, 2.45) is 11.3 Å². The van der Waals surface area contributed by atoms with Crippen LogP contribution in [0.4, 0.5) is 0 Å². The van der Waals surface area contributed by atoms with Crippen molar-refractivity contribution in [1.29, 1.82) is 0 Å². The highest BCUT2D eigenvalue weighted by molar-refractivity contribution is 7.10. The van der Waals surface area contributed by atoms with Crippen LogP contribution in [0.1, 0.15) is 44.4 Å². The second kappa shape index (κ2) is 4.10. The van der Waals surface area contributed by atoms with E-state index in [4.69, 9.17) is 0 Å². The van der Waals surface area contributed by atoms with E-state index in [9.17, 15) is 0 Å². The predicted molar refractivity (Wildman–Crippen MR) is 74.6 cm³/mol. The molecule has 0 bridgehead atoms.